The first-order chi connectivity index (χ1) is 12.0. The number of hydrogen-bond donors (Lipinski definition) is 1. The van der Waals surface area contributed by atoms with Crippen LogP contribution in [0, 0.1) is 5.92 Å². The third-order valence-corrected chi connectivity index (χ3v) is 6.24. The zero-order valence-corrected chi connectivity index (χ0v) is 14.8. The predicted molar refractivity (Wildman–Crippen MR) is 96.2 cm³/mol. The first-order valence-electron chi connectivity index (χ1n) is 8.18. The van der Waals surface area contributed by atoms with Gasteiger partial charge in [-0.05, 0) is 29.7 Å². The van der Waals surface area contributed by atoms with Gasteiger partial charge in [-0.1, -0.05) is 42.5 Å². The van der Waals surface area contributed by atoms with Crippen LogP contribution in [-0.4, -0.2) is 32.9 Å². The SMILES string of the molecule is COc1ccc([C@H](NC(=O)[C@H]2CCS(=O)(=O)C2)c2ccccc2)cc1. The number of carbonyl (C=O) groups is 1. The van der Waals surface area contributed by atoms with E-state index in [-0.39, 0.29) is 23.5 Å². The topological polar surface area (TPSA) is 72.5 Å². The molecule has 2 atom stereocenters. The van der Waals surface area contributed by atoms with Crippen LogP contribution in [0.1, 0.15) is 23.6 Å². The minimum absolute atomic E-state index is 0.0665. The summed E-state index contributed by atoms with van der Waals surface area (Å²) in [7, 11) is -1.49. The van der Waals surface area contributed by atoms with Gasteiger partial charge in [0.2, 0.25) is 5.91 Å². The Balaban J connectivity index is 1.85. The van der Waals surface area contributed by atoms with Crippen molar-refractivity contribution in [3.63, 3.8) is 0 Å². The molecular weight excluding hydrogens is 338 g/mol. The van der Waals surface area contributed by atoms with E-state index in [0.29, 0.717) is 6.42 Å². The van der Waals surface area contributed by atoms with Crippen LogP contribution in [0.4, 0.5) is 0 Å². The summed E-state index contributed by atoms with van der Waals surface area (Å²) >= 11 is 0. The van der Waals surface area contributed by atoms with Crippen molar-refractivity contribution in [3.8, 4) is 5.75 Å². The van der Waals surface area contributed by atoms with Crippen LogP contribution < -0.4 is 10.1 Å². The number of sulfone groups is 1. The molecule has 132 valence electrons. The minimum Gasteiger partial charge on any atom is -0.497 e. The minimum atomic E-state index is -3.09. The third-order valence-electron chi connectivity index (χ3n) is 4.47. The second-order valence-corrected chi connectivity index (χ2v) is 8.45. The number of ether oxygens (including phenoxy) is 1. The Morgan fingerprint density at radius 1 is 1.08 bits per heavy atom. The van der Waals surface area contributed by atoms with Gasteiger partial charge in [-0.15, -0.1) is 0 Å². The van der Waals surface area contributed by atoms with Gasteiger partial charge in [0, 0.05) is 0 Å². The van der Waals surface area contributed by atoms with Crippen molar-refractivity contribution in [1.29, 1.82) is 0 Å². The van der Waals surface area contributed by atoms with Gasteiger partial charge in [-0.25, -0.2) is 8.42 Å². The highest BCUT2D eigenvalue weighted by atomic mass is 32.2. The highest BCUT2D eigenvalue weighted by molar-refractivity contribution is 7.91. The van der Waals surface area contributed by atoms with Crippen LogP contribution in [0.3, 0.4) is 0 Å². The van der Waals surface area contributed by atoms with Crippen LogP contribution in [-0.2, 0) is 14.6 Å². The predicted octanol–water partition coefficient (Wildman–Crippen LogP) is 2.34. The zero-order chi connectivity index (χ0) is 17.9. The van der Waals surface area contributed by atoms with Crippen molar-refractivity contribution >= 4 is 15.7 Å². The summed E-state index contributed by atoms with van der Waals surface area (Å²) < 4.78 is 28.5. The monoisotopic (exact) mass is 359 g/mol. The second-order valence-electron chi connectivity index (χ2n) is 6.23. The number of benzene rings is 2. The van der Waals surface area contributed by atoms with Gasteiger partial charge in [0.1, 0.15) is 5.75 Å². The third kappa shape index (κ3) is 4.20. The average molecular weight is 359 g/mol. The van der Waals surface area contributed by atoms with Crippen molar-refractivity contribution < 1.29 is 17.9 Å². The number of nitrogens with one attached hydrogen (secondary N) is 1. The molecule has 0 saturated carbocycles. The molecule has 1 aliphatic rings. The number of rotatable bonds is 5. The van der Waals surface area contributed by atoms with E-state index in [1.54, 1.807) is 7.11 Å². The van der Waals surface area contributed by atoms with Crippen LogP contribution in [0.2, 0.25) is 0 Å². The lowest BCUT2D eigenvalue weighted by atomic mass is 9.97. The number of amides is 1. The molecule has 1 saturated heterocycles. The molecule has 0 aromatic heterocycles. The van der Waals surface area contributed by atoms with Gasteiger partial charge in [0.15, 0.2) is 9.84 Å². The van der Waals surface area contributed by atoms with Crippen molar-refractivity contribution in [1.82, 2.24) is 5.32 Å². The molecule has 1 amide bonds. The smallest absolute Gasteiger partial charge is 0.224 e. The molecule has 25 heavy (non-hydrogen) atoms. The Morgan fingerprint density at radius 3 is 2.28 bits per heavy atom. The van der Waals surface area contributed by atoms with Gasteiger partial charge in [-0.2, -0.15) is 0 Å². The summed E-state index contributed by atoms with van der Waals surface area (Å²) in [5.74, 6) is 0.0658. The molecule has 2 aromatic rings. The van der Waals surface area contributed by atoms with Crippen LogP contribution in [0.25, 0.3) is 0 Å². The Bertz CT molecular complexity index is 831. The van der Waals surface area contributed by atoms with Gasteiger partial charge in [-0.3, -0.25) is 4.79 Å². The van der Waals surface area contributed by atoms with E-state index in [1.165, 1.54) is 0 Å². The largest absolute Gasteiger partial charge is 0.497 e. The highest BCUT2D eigenvalue weighted by Crippen LogP contribution is 2.26. The van der Waals surface area contributed by atoms with E-state index >= 15 is 0 Å². The molecular formula is C19H21NO4S. The van der Waals surface area contributed by atoms with E-state index in [4.69, 9.17) is 4.74 Å². The number of hydrogen-bond acceptors (Lipinski definition) is 4. The van der Waals surface area contributed by atoms with Crippen molar-refractivity contribution in [3.05, 3.63) is 65.7 Å². The quantitative estimate of drug-likeness (QED) is 0.889. The summed E-state index contributed by atoms with van der Waals surface area (Å²) in [6.07, 6.45) is 0.387. The Labute approximate surface area is 147 Å². The molecule has 0 unspecified atom stereocenters. The molecule has 0 radical (unpaired) electrons. The van der Waals surface area contributed by atoms with Crippen LogP contribution in [0.5, 0.6) is 5.75 Å². The summed E-state index contributed by atoms with van der Waals surface area (Å²) in [5, 5.41) is 3.02. The maximum Gasteiger partial charge on any atom is 0.224 e. The van der Waals surface area contributed by atoms with Gasteiger partial charge < -0.3 is 10.1 Å². The normalized spacial score (nSPS) is 20.0. The molecule has 5 nitrogen and oxygen atoms in total. The molecule has 0 bridgehead atoms. The lowest BCUT2D eigenvalue weighted by Gasteiger charge is -2.22. The summed E-state index contributed by atoms with van der Waals surface area (Å²) in [4.78, 5) is 12.6. The van der Waals surface area contributed by atoms with Gasteiger partial charge in [0.25, 0.3) is 0 Å². The lowest BCUT2D eigenvalue weighted by Crippen LogP contribution is -2.35. The van der Waals surface area contributed by atoms with Crippen molar-refractivity contribution in [2.75, 3.05) is 18.6 Å². The fourth-order valence-electron chi connectivity index (χ4n) is 3.06. The van der Waals surface area contributed by atoms with Gasteiger partial charge >= 0.3 is 0 Å². The first kappa shape index (κ1) is 17.5. The van der Waals surface area contributed by atoms with Gasteiger partial charge in [0.05, 0.1) is 30.6 Å². The first-order valence-corrected chi connectivity index (χ1v) is 10.0. The van der Waals surface area contributed by atoms with Crippen LogP contribution in [0.15, 0.2) is 54.6 Å². The second kappa shape index (κ2) is 7.27. The molecule has 3 rings (SSSR count). The molecule has 2 aromatic carbocycles. The standard InChI is InChI=1S/C19H21NO4S/c1-24-17-9-7-15(8-10-17)18(14-5-3-2-4-6-14)20-19(21)16-11-12-25(22,23)13-16/h2-10,16,18H,11-13H2,1H3,(H,20,21)/t16-,18+/m0/s1. The maximum atomic E-state index is 12.6. The van der Waals surface area contributed by atoms with E-state index < -0.39 is 15.8 Å². The molecule has 6 heteroatoms. The molecule has 1 heterocycles. The molecule has 1 aliphatic heterocycles. The molecule has 0 spiro atoms. The lowest BCUT2D eigenvalue weighted by molar-refractivity contribution is -0.124. The van der Waals surface area contributed by atoms with Crippen molar-refractivity contribution in [2.45, 2.75) is 12.5 Å². The van der Waals surface area contributed by atoms with E-state index in [9.17, 15) is 13.2 Å². The molecule has 1 N–H and O–H groups in total. The summed E-state index contributed by atoms with van der Waals surface area (Å²) in [5.41, 5.74) is 1.86. The van der Waals surface area contributed by atoms with E-state index in [1.807, 2.05) is 54.6 Å². The fraction of sp³-hybridized carbons (Fsp3) is 0.316. The van der Waals surface area contributed by atoms with E-state index in [2.05, 4.69) is 5.32 Å². The molecule has 1 fully saturated rings. The maximum absolute atomic E-state index is 12.6. The number of carbonyl (C=O) groups excluding carboxylic acids is 1. The Hall–Kier alpha value is -2.34. The summed E-state index contributed by atoms with van der Waals surface area (Å²) in [6, 6.07) is 16.8. The molecule has 0 aliphatic carbocycles. The Morgan fingerprint density at radius 2 is 1.72 bits per heavy atom. The van der Waals surface area contributed by atoms with E-state index in [0.717, 1.165) is 16.9 Å². The zero-order valence-electron chi connectivity index (χ0n) is 14.0. The Kier molecular flexibility index (Phi) is 5.08. The summed E-state index contributed by atoms with van der Waals surface area (Å²) in [6.45, 7) is 0. The average Bonchev–Trinajstić information content (AvgIpc) is 3.00. The fourth-order valence-corrected chi connectivity index (χ4v) is 4.80. The number of methoxy groups -OCH3 is 1. The highest BCUT2D eigenvalue weighted by Gasteiger charge is 2.34. The van der Waals surface area contributed by atoms with Crippen LogP contribution >= 0.6 is 0 Å². The van der Waals surface area contributed by atoms with Crippen molar-refractivity contribution in [2.24, 2.45) is 5.92 Å².